The third kappa shape index (κ3) is 1.20. The lowest BCUT2D eigenvalue weighted by Crippen LogP contribution is -2.32. The average molecular weight is 184 g/mol. The van der Waals surface area contributed by atoms with Gasteiger partial charge < -0.3 is 0 Å². The zero-order valence-corrected chi connectivity index (χ0v) is 7.19. The normalized spacial score (nSPS) is 15.7. The van der Waals surface area contributed by atoms with Gasteiger partial charge in [0.05, 0.1) is 5.03 Å². The quantitative estimate of drug-likeness (QED) is 0.579. The average Bonchev–Trinajstić information content (AvgIpc) is 2.04. The summed E-state index contributed by atoms with van der Waals surface area (Å²) in [6, 6.07) is 1.48. The molecule has 0 saturated carbocycles. The molecule has 1 aliphatic rings. The molecule has 0 aromatic carbocycles. The van der Waals surface area contributed by atoms with Gasteiger partial charge in [0.1, 0.15) is 0 Å². The Kier molecular flexibility index (Phi) is 1.80. The molecule has 0 unspecified atom stereocenters. The second kappa shape index (κ2) is 2.82. The van der Waals surface area contributed by atoms with Gasteiger partial charge in [-0.3, -0.25) is 14.3 Å². The highest BCUT2D eigenvalue weighted by Gasteiger charge is 2.10. The smallest absolute Gasteiger partial charge is 0.288 e. The van der Waals surface area contributed by atoms with Crippen molar-refractivity contribution in [3.63, 3.8) is 0 Å². The Hall–Kier alpha value is -0.970. The molecule has 1 N–H and O–H groups in total. The molecule has 0 fully saturated rings. The van der Waals surface area contributed by atoms with Gasteiger partial charge in [-0.15, -0.1) is 11.8 Å². The molecule has 64 valence electrons. The Morgan fingerprint density at radius 1 is 1.50 bits per heavy atom. The standard InChI is InChI=1S/C7H8N2O2S/c10-5-4-6-9(7(11)8-5)2-1-3-12-6/h4H,1-3H2,(H,8,10,11). The molecule has 12 heavy (non-hydrogen) atoms. The van der Waals surface area contributed by atoms with Crippen LogP contribution in [0.25, 0.3) is 0 Å². The number of hydrogen-bond donors (Lipinski definition) is 1. The molecule has 1 aromatic rings. The van der Waals surface area contributed by atoms with E-state index in [0.29, 0.717) is 0 Å². The van der Waals surface area contributed by atoms with E-state index in [1.807, 2.05) is 0 Å². The summed E-state index contributed by atoms with van der Waals surface area (Å²) < 4.78 is 1.61. The summed E-state index contributed by atoms with van der Waals surface area (Å²) in [5, 5.41) is 0.787. The predicted octanol–water partition coefficient (Wildman–Crippen LogP) is 0.0324. The molecular weight excluding hydrogens is 176 g/mol. The third-order valence-electron chi connectivity index (χ3n) is 1.77. The van der Waals surface area contributed by atoms with Gasteiger partial charge in [-0.1, -0.05) is 0 Å². The molecule has 0 saturated heterocycles. The lowest BCUT2D eigenvalue weighted by atomic mass is 10.4. The zero-order chi connectivity index (χ0) is 8.55. The Morgan fingerprint density at radius 3 is 3.17 bits per heavy atom. The molecule has 2 rings (SSSR count). The van der Waals surface area contributed by atoms with Crippen LogP contribution < -0.4 is 11.2 Å². The molecular formula is C7H8N2O2S. The van der Waals surface area contributed by atoms with Crippen molar-refractivity contribution >= 4 is 11.8 Å². The minimum atomic E-state index is -0.305. The number of aromatic amines is 1. The molecule has 0 bridgehead atoms. The molecule has 2 heterocycles. The van der Waals surface area contributed by atoms with Gasteiger partial charge in [0.2, 0.25) is 0 Å². The third-order valence-corrected chi connectivity index (χ3v) is 2.90. The zero-order valence-electron chi connectivity index (χ0n) is 6.37. The Labute approximate surface area is 72.6 Å². The fourth-order valence-electron chi connectivity index (χ4n) is 1.23. The first-order valence-electron chi connectivity index (χ1n) is 3.74. The summed E-state index contributed by atoms with van der Waals surface area (Å²) in [5.74, 6) is 0.989. The fourth-order valence-corrected chi connectivity index (χ4v) is 2.23. The van der Waals surface area contributed by atoms with Crippen molar-refractivity contribution in [3.8, 4) is 0 Å². The first-order chi connectivity index (χ1) is 5.77. The van der Waals surface area contributed by atoms with Crippen molar-refractivity contribution in [1.29, 1.82) is 0 Å². The van der Waals surface area contributed by atoms with Crippen molar-refractivity contribution in [2.45, 2.75) is 18.0 Å². The maximum Gasteiger partial charge on any atom is 0.329 e. The second-order valence-electron chi connectivity index (χ2n) is 2.63. The highest BCUT2D eigenvalue weighted by molar-refractivity contribution is 7.99. The minimum absolute atomic E-state index is 0.287. The summed E-state index contributed by atoms with van der Waals surface area (Å²) >= 11 is 1.56. The molecule has 5 heteroatoms. The first kappa shape index (κ1) is 7.67. The number of aromatic nitrogens is 2. The van der Waals surface area contributed by atoms with E-state index in [1.165, 1.54) is 6.07 Å². The van der Waals surface area contributed by atoms with Crippen LogP contribution in [-0.2, 0) is 6.54 Å². The molecule has 0 radical (unpaired) electrons. The van der Waals surface area contributed by atoms with Gasteiger partial charge in [0.25, 0.3) is 5.56 Å². The highest BCUT2D eigenvalue weighted by atomic mass is 32.2. The summed E-state index contributed by atoms with van der Waals surface area (Å²) in [5.41, 5.74) is -0.592. The summed E-state index contributed by atoms with van der Waals surface area (Å²) in [7, 11) is 0. The molecule has 0 amide bonds. The monoisotopic (exact) mass is 184 g/mol. The molecule has 1 aliphatic heterocycles. The van der Waals surface area contributed by atoms with Gasteiger partial charge in [-0.2, -0.15) is 0 Å². The van der Waals surface area contributed by atoms with Crippen LogP contribution in [0.3, 0.4) is 0 Å². The Bertz CT molecular complexity index is 407. The molecule has 0 aliphatic carbocycles. The van der Waals surface area contributed by atoms with Gasteiger partial charge in [-0.05, 0) is 6.42 Å². The summed E-state index contributed by atoms with van der Waals surface area (Å²) in [4.78, 5) is 24.3. The van der Waals surface area contributed by atoms with E-state index in [0.717, 1.165) is 23.7 Å². The number of nitrogens with one attached hydrogen (secondary N) is 1. The van der Waals surface area contributed by atoms with Crippen LogP contribution in [0.4, 0.5) is 0 Å². The topological polar surface area (TPSA) is 54.9 Å². The number of rotatable bonds is 0. The van der Waals surface area contributed by atoms with E-state index in [2.05, 4.69) is 4.98 Å². The maximum absolute atomic E-state index is 11.2. The van der Waals surface area contributed by atoms with Crippen molar-refractivity contribution in [1.82, 2.24) is 9.55 Å². The van der Waals surface area contributed by atoms with E-state index in [-0.39, 0.29) is 11.2 Å². The molecule has 0 spiro atoms. The predicted molar refractivity (Wildman–Crippen MR) is 46.7 cm³/mol. The van der Waals surface area contributed by atoms with Crippen LogP contribution in [0.2, 0.25) is 0 Å². The van der Waals surface area contributed by atoms with Crippen LogP contribution in [0.5, 0.6) is 0 Å². The number of nitrogens with zero attached hydrogens (tertiary/aromatic N) is 1. The van der Waals surface area contributed by atoms with Gasteiger partial charge in [0.15, 0.2) is 0 Å². The fraction of sp³-hybridized carbons (Fsp3) is 0.429. The summed E-state index contributed by atoms with van der Waals surface area (Å²) in [6.45, 7) is 0.720. The minimum Gasteiger partial charge on any atom is -0.288 e. The van der Waals surface area contributed by atoms with E-state index in [9.17, 15) is 9.59 Å². The van der Waals surface area contributed by atoms with Gasteiger partial charge in [0, 0.05) is 18.4 Å². The second-order valence-corrected chi connectivity index (χ2v) is 3.75. The first-order valence-corrected chi connectivity index (χ1v) is 4.73. The largest absolute Gasteiger partial charge is 0.329 e. The van der Waals surface area contributed by atoms with Crippen molar-refractivity contribution < 1.29 is 0 Å². The van der Waals surface area contributed by atoms with Crippen LogP contribution in [-0.4, -0.2) is 15.3 Å². The van der Waals surface area contributed by atoms with Crippen LogP contribution in [0.15, 0.2) is 20.7 Å². The van der Waals surface area contributed by atoms with Gasteiger partial charge in [-0.25, -0.2) is 4.79 Å². The molecule has 4 nitrogen and oxygen atoms in total. The molecule has 0 atom stereocenters. The van der Waals surface area contributed by atoms with Crippen LogP contribution >= 0.6 is 11.8 Å². The van der Waals surface area contributed by atoms with Crippen molar-refractivity contribution in [3.05, 3.63) is 26.9 Å². The molecule has 1 aromatic heterocycles. The Balaban J connectivity index is 2.68. The number of fused-ring (bicyclic) bond motifs is 1. The van der Waals surface area contributed by atoms with Crippen LogP contribution in [0.1, 0.15) is 6.42 Å². The SMILES string of the molecule is O=c1cc2n(c(=O)[nH]1)CCCS2. The van der Waals surface area contributed by atoms with Crippen LogP contribution in [0, 0.1) is 0 Å². The number of thioether (sulfide) groups is 1. The van der Waals surface area contributed by atoms with E-state index < -0.39 is 0 Å². The van der Waals surface area contributed by atoms with Crippen molar-refractivity contribution in [2.75, 3.05) is 5.75 Å². The number of hydrogen-bond acceptors (Lipinski definition) is 3. The van der Waals surface area contributed by atoms with E-state index in [4.69, 9.17) is 0 Å². The van der Waals surface area contributed by atoms with E-state index >= 15 is 0 Å². The Morgan fingerprint density at radius 2 is 2.33 bits per heavy atom. The number of H-pyrrole nitrogens is 1. The van der Waals surface area contributed by atoms with Gasteiger partial charge >= 0.3 is 5.69 Å². The lowest BCUT2D eigenvalue weighted by Gasteiger charge is -2.15. The summed E-state index contributed by atoms with van der Waals surface area (Å²) in [6.07, 6.45) is 0.990. The maximum atomic E-state index is 11.2. The lowest BCUT2D eigenvalue weighted by molar-refractivity contribution is 0.569. The van der Waals surface area contributed by atoms with Crippen molar-refractivity contribution in [2.24, 2.45) is 0 Å². The highest BCUT2D eigenvalue weighted by Crippen LogP contribution is 2.20. The van der Waals surface area contributed by atoms with E-state index in [1.54, 1.807) is 16.3 Å².